The van der Waals surface area contributed by atoms with Crippen LogP contribution in [0, 0.1) is 0 Å². The van der Waals surface area contributed by atoms with E-state index in [1.807, 2.05) is 38.1 Å². The number of thioether (sulfide) groups is 1. The summed E-state index contributed by atoms with van der Waals surface area (Å²) in [5.41, 5.74) is 0.812. The maximum atomic E-state index is 12.5. The Morgan fingerprint density at radius 3 is 2.64 bits per heavy atom. The molecule has 1 saturated heterocycles. The number of amides is 1. The third kappa shape index (κ3) is 3.11. The van der Waals surface area contributed by atoms with E-state index in [4.69, 9.17) is 9.47 Å². The number of carbonyl (C=O) groups excluding carboxylic acids is 1. The van der Waals surface area contributed by atoms with Crippen LogP contribution in [0.5, 0.6) is 11.5 Å². The molecule has 1 aromatic carbocycles. The summed E-state index contributed by atoms with van der Waals surface area (Å²) in [6.45, 7) is 5.16. The van der Waals surface area contributed by atoms with Gasteiger partial charge in [-0.1, -0.05) is 12.1 Å². The van der Waals surface area contributed by atoms with Gasteiger partial charge >= 0.3 is 0 Å². The lowest BCUT2D eigenvalue weighted by molar-refractivity contribution is -0.122. The second kappa shape index (κ2) is 7.35. The van der Waals surface area contributed by atoms with Gasteiger partial charge in [0.05, 0.1) is 19.1 Å². The summed E-state index contributed by atoms with van der Waals surface area (Å²) >= 11 is 1.39. The Kier molecular flexibility index (Phi) is 5.49. The van der Waals surface area contributed by atoms with E-state index in [9.17, 15) is 4.79 Å². The number of amidine groups is 1. The molecular weight excluding hydrogens is 300 g/mol. The fourth-order valence-corrected chi connectivity index (χ4v) is 3.30. The highest BCUT2D eigenvalue weighted by atomic mass is 32.2. The van der Waals surface area contributed by atoms with Crippen LogP contribution in [0.1, 0.15) is 19.4 Å². The van der Waals surface area contributed by atoms with Crippen molar-refractivity contribution in [2.45, 2.75) is 13.8 Å². The summed E-state index contributed by atoms with van der Waals surface area (Å²) in [6.07, 6.45) is 1.83. The summed E-state index contributed by atoms with van der Waals surface area (Å²) in [6, 6.07) is 5.59. The van der Waals surface area contributed by atoms with Gasteiger partial charge < -0.3 is 9.47 Å². The van der Waals surface area contributed by atoms with Crippen LogP contribution >= 0.6 is 11.8 Å². The van der Waals surface area contributed by atoms with Crippen LogP contribution in [0.3, 0.4) is 0 Å². The third-order valence-corrected chi connectivity index (χ3v) is 4.26. The van der Waals surface area contributed by atoms with Crippen LogP contribution in [0.2, 0.25) is 0 Å². The monoisotopic (exact) mass is 320 g/mol. The molecule has 0 aromatic heterocycles. The molecule has 118 valence electrons. The first-order chi connectivity index (χ1) is 10.7. The summed E-state index contributed by atoms with van der Waals surface area (Å²) in [7, 11) is 3.18. The second-order valence-corrected chi connectivity index (χ2v) is 5.51. The van der Waals surface area contributed by atoms with Crippen molar-refractivity contribution in [1.82, 2.24) is 4.90 Å². The van der Waals surface area contributed by atoms with E-state index in [1.165, 1.54) is 11.8 Å². The summed E-state index contributed by atoms with van der Waals surface area (Å²) in [5, 5.41) is 0.753. The van der Waals surface area contributed by atoms with E-state index in [2.05, 4.69) is 4.99 Å². The van der Waals surface area contributed by atoms with Crippen molar-refractivity contribution in [3.63, 3.8) is 0 Å². The average molecular weight is 320 g/mol. The van der Waals surface area contributed by atoms with Gasteiger partial charge in [-0.15, -0.1) is 0 Å². The average Bonchev–Trinajstić information content (AvgIpc) is 2.82. The molecule has 22 heavy (non-hydrogen) atoms. The smallest absolute Gasteiger partial charge is 0.266 e. The van der Waals surface area contributed by atoms with Crippen LogP contribution in [0.25, 0.3) is 6.08 Å². The molecule has 1 heterocycles. The number of carbonyl (C=O) groups is 1. The van der Waals surface area contributed by atoms with Crippen molar-refractivity contribution in [3.8, 4) is 11.5 Å². The van der Waals surface area contributed by atoms with Crippen molar-refractivity contribution < 1.29 is 14.3 Å². The fraction of sp³-hybridized carbons (Fsp3) is 0.375. The van der Waals surface area contributed by atoms with E-state index in [-0.39, 0.29) is 5.91 Å². The predicted octanol–water partition coefficient (Wildman–Crippen LogP) is 3.02. The minimum absolute atomic E-state index is 0.0235. The Morgan fingerprint density at radius 1 is 1.27 bits per heavy atom. The van der Waals surface area contributed by atoms with E-state index in [1.54, 1.807) is 19.1 Å². The Bertz CT molecular complexity index is 626. The Labute approximate surface area is 135 Å². The van der Waals surface area contributed by atoms with Crippen molar-refractivity contribution >= 4 is 28.9 Å². The molecule has 1 aromatic rings. The molecule has 1 aliphatic rings. The standard InChI is InChI=1S/C16H20N2O3S/c1-5-17-16-18(6-2)15(19)13(22-16)10-11-8-7-9-12(20-3)14(11)21-4/h7-10H,5-6H2,1-4H3/b13-10-,17-16?. The molecule has 1 fully saturated rings. The molecule has 0 radical (unpaired) electrons. The number of likely N-dealkylation sites (N-methyl/N-ethyl adjacent to an activating group) is 1. The SMILES string of the molecule is CCN=C1S/C(=C\c2cccc(OC)c2OC)C(=O)N1CC. The largest absolute Gasteiger partial charge is 0.493 e. The predicted molar refractivity (Wildman–Crippen MR) is 90.5 cm³/mol. The summed E-state index contributed by atoms with van der Waals surface area (Å²) in [4.78, 5) is 19.2. The summed E-state index contributed by atoms with van der Waals surface area (Å²) < 4.78 is 10.7. The lowest BCUT2D eigenvalue weighted by atomic mass is 10.1. The number of methoxy groups -OCH3 is 2. The number of ether oxygens (including phenoxy) is 2. The molecule has 0 N–H and O–H groups in total. The molecule has 0 atom stereocenters. The molecule has 2 rings (SSSR count). The number of nitrogens with zero attached hydrogens (tertiary/aromatic N) is 2. The number of rotatable bonds is 5. The molecule has 0 unspecified atom stereocenters. The Balaban J connectivity index is 2.42. The number of benzene rings is 1. The highest BCUT2D eigenvalue weighted by Gasteiger charge is 2.32. The highest BCUT2D eigenvalue weighted by molar-refractivity contribution is 8.18. The maximum absolute atomic E-state index is 12.5. The van der Waals surface area contributed by atoms with Gasteiger partial charge in [0.15, 0.2) is 16.7 Å². The maximum Gasteiger partial charge on any atom is 0.266 e. The zero-order valence-corrected chi connectivity index (χ0v) is 14.1. The van der Waals surface area contributed by atoms with Crippen LogP contribution in [0.15, 0.2) is 28.1 Å². The van der Waals surface area contributed by atoms with Crippen molar-refractivity contribution in [2.75, 3.05) is 27.3 Å². The minimum atomic E-state index is -0.0235. The lowest BCUT2D eigenvalue weighted by Crippen LogP contribution is -2.28. The zero-order valence-electron chi connectivity index (χ0n) is 13.3. The van der Waals surface area contributed by atoms with E-state index < -0.39 is 0 Å². The van der Waals surface area contributed by atoms with E-state index in [0.717, 1.165) is 10.7 Å². The van der Waals surface area contributed by atoms with Crippen LogP contribution < -0.4 is 9.47 Å². The highest BCUT2D eigenvalue weighted by Crippen LogP contribution is 2.37. The number of aliphatic imine (C=N–C) groups is 1. The van der Waals surface area contributed by atoms with E-state index >= 15 is 0 Å². The normalized spacial score (nSPS) is 18.4. The zero-order chi connectivity index (χ0) is 16.1. The van der Waals surface area contributed by atoms with Gasteiger partial charge in [0.2, 0.25) is 0 Å². The molecule has 6 heteroatoms. The Morgan fingerprint density at radius 2 is 2.05 bits per heavy atom. The first-order valence-corrected chi connectivity index (χ1v) is 7.94. The van der Waals surface area contributed by atoms with Gasteiger partial charge in [-0.3, -0.25) is 14.7 Å². The van der Waals surface area contributed by atoms with Crippen molar-refractivity contribution in [1.29, 1.82) is 0 Å². The topological polar surface area (TPSA) is 51.1 Å². The molecule has 0 saturated carbocycles. The van der Waals surface area contributed by atoms with Gasteiger partial charge in [0.1, 0.15) is 0 Å². The second-order valence-electron chi connectivity index (χ2n) is 4.50. The Hall–Kier alpha value is -1.95. The van der Waals surface area contributed by atoms with Crippen LogP contribution in [-0.4, -0.2) is 43.3 Å². The molecule has 0 aliphatic carbocycles. The van der Waals surface area contributed by atoms with Gasteiger partial charge in [0, 0.05) is 18.7 Å². The molecule has 1 aliphatic heterocycles. The van der Waals surface area contributed by atoms with Gasteiger partial charge in [-0.2, -0.15) is 0 Å². The first-order valence-electron chi connectivity index (χ1n) is 7.13. The van der Waals surface area contributed by atoms with E-state index in [0.29, 0.717) is 29.5 Å². The van der Waals surface area contributed by atoms with Gasteiger partial charge in [0.25, 0.3) is 5.91 Å². The quantitative estimate of drug-likeness (QED) is 0.783. The fourth-order valence-electron chi connectivity index (χ4n) is 2.21. The van der Waals surface area contributed by atoms with Gasteiger partial charge in [-0.05, 0) is 37.8 Å². The van der Waals surface area contributed by atoms with Crippen LogP contribution in [0.4, 0.5) is 0 Å². The van der Waals surface area contributed by atoms with Crippen molar-refractivity contribution in [2.24, 2.45) is 4.99 Å². The first kappa shape index (κ1) is 16.4. The van der Waals surface area contributed by atoms with Crippen LogP contribution in [-0.2, 0) is 4.79 Å². The summed E-state index contributed by atoms with van der Waals surface area (Å²) in [5.74, 6) is 1.24. The number of para-hydroxylation sites is 1. The molecule has 5 nitrogen and oxygen atoms in total. The van der Waals surface area contributed by atoms with Crippen molar-refractivity contribution in [3.05, 3.63) is 28.7 Å². The lowest BCUT2D eigenvalue weighted by Gasteiger charge is -2.11. The minimum Gasteiger partial charge on any atom is -0.493 e. The molecule has 0 spiro atoms. The molecular formula is C16H20N2O3S. The van der Waals surface area contributed by atoms with Gasteiger partial charge in [-0.25, -0.2) is 0 Å². The number of hydrogen-bond acceptors (Lipinski definition) is 5. The number of hydrogen-bond donors (Lipinski definition) is 0. The molecule has 1 amide bonds. The molecule has 0 bridgehead atoms. The third-order valence-electron chi connectivity index (χ3n) is 3.22.